The molecule has 0 aliphatic heterocycles. The van der Waals surface area contributed by atoms with Gasteiger partial charge in [0.15, 0.2) is 0 Å². The van der Waals surface area contributed by atoms with Crippen LogP contribution < -0.4 is 5.32 Å². The van der Waals surface area contributed by atoms with Gasteiger partial charge < -0.3 is 5.32 Å². The highest BCUT2D eigenvalue weighted by atomic mass is 35.5. The van der Waals surface area contributed by atoms with Crippen molar-refractivity contribution in [3.63, 3.8) is 0 Å². The quantitative estimate of drug-likeness (QED) is 0.649. The van der Waals surface area contributed by atoms with Crippen LogP contribution in [0.3, 0.4) is 0 Å². The maximum atomic E-state index is 10.8. The summed E-state index contributed by atoms with van der Waals surface area (Å²) in [4.78, 5) is 10.4. The van der Waals surface area contributed by atoms with Crippen LogP contribution in [0.25, 0.3) is 0 Å². The molecular weight excluding hydrogens is 228 g/mol. The highest BCUT2D eigenvalue weighted by Crippen LogP contribution is 2.38. The molecule has 1 fully saturated rings. The second-order valence-electron chi connectivity index (χ2n) is 4.27. The molecule has 0 amide bonds. The van der Waals surface area contributed by atoms with Crippen molar-refractivity contribution in [2.75, 3.05) is 11.9 Å². The minimum Gasteiger partial charge on any atom is -0.379 e. The van der Waals surface area contributed by atoms with E-state index in [0.29, 0.717) is 16.6 Å². The number of nitrogens with zero attached hydrogens (tertiary/aromatic N) is 1. The Morgan fingerprint density at radius 1 is 1.62 bits per heavy atom. The van der Waals surface area contributed by atoms with Gasteiger partial charge in [0.25, 0.3) is 5.69 Å². The van der Waals surface area contributed by atoms with Crippen LogP contribution in [-0.4, -0.2) is 11.5 Å². The third kappa shape index (κ3) is 2.44. The van der Waals surface area contributed by atoms with E-state index in [4.69, 9.17) is 11.6 Å². The summed E-state index contributed by atoms with van der Waals surface area (Å²) in [5.41, 5.74) is 0.592. The Morgan fingerprint density at radius 2 is 2.31 bits per heavy atom. The number of nitro benzene ring substituents is 1. The van der Waals surface area contributed by atoms with Gasteiger partial charge in [-0.3, -0.25) is 10.1 Å². The Morgan fingerprint density at radius 3 is 2.88 bits per heavy atom. The van der Waals surface area contributed by atoms with Gasteiger partial charge in [0, 0.05) is 17.6 Å². The molecule has 5 heteroatoms. The molecule has 16 heavy (non-hydrogen) atoms. The first-order valence-corrected chi connectivity index (χ1v) is 5.63. The van der Waals surface area contributed by atoms with E-state index in [1.54, 1.807) is 12.1 Å². The smallest absolute Gasteiger partial charge is 0.293 e. The molecule has 1 aromatic carbocycles. The zero-order chi connectivity index (χ0) is 11.7. The Balaban J connectivity index is 2.09. The maximum Gasteiger partial charge on any atom is 0.293 e. The summed E-state index contributed by atoms with van der Waals surface area (Å²) >= 11 is 5.73. The Kier molecular flexibility index (Phi) is 3.01. The molecule has 4 nitrogen and oxygen atoms in total. The van der Waals surface area contributed by atoms with Gasteiger partial charge in [-0.25, -0.2) is 0 Å². The number of hydrogen-bond acceptors (Lipinski definition) is 3. The van der Waals surface area contributed by atoms with Gasteiger partial charge in [-0.1, -0.05) is 18.5 Å². The second-order valence-corrected chi connectivity index (χ2v) is 4.71. The molecule has 1 aromatic rings. The molecular formula is C11H13ClN2O2. The number of rotatable bonds is 4. The summed E-state index contributed by atoms with van der Waals surface area (Å²) in [5, 5.41) is 14.3. The van der Waals surface area contributed by atoms with Crippen LogP contribution >= 0.6 is 11.6 Å². The number of hydrogen-bond donors (Lipinski definition) is 1. The first-order chi connectivity index (χ1) is 7.58. The zero-order valence-corrected chi connectivity index (χ0v) is 9.70. The first-order valence-electron chi connectivity index (χ1n) is 5.25. The van der Waals surface area contributed by atoms with E-state index in [-0.39, 0.29) is 5.69 Å². The largest absolute Gasteiger partial charge is 0.379 e. The van der Waals surface area contributed by atoms with E-state index >= 15 is 0 Å². The molecule has 86 valence electrons. The summed E-state index contributed by atoms with van der Waals surface area (Å²) < 4.78 is 0. The highest BCUT2D eigenvalue weighted by molar-refractivity contribution is 6.30. The molecule has 0 spiro atoms. The summed E-state index contributed by atoms with van der Waals surface area (Å²) in [5.74, 6) is 1.38. The van der Waals surface area contributed by atoms with Gasteiger partial charge in [0.05, 0.1) is 4.92 Å². The predicted molar refractivity (Wildman–Crippen MR) is 63.9 cm³/mol. The van der Waals surface area contributed by atoms with Gasteiger partial charge in [0.1, 0.15) is 5.69 Å². The van der Waals surface area contributed by atoms with E-state index < -0.39 is 4.92 Å². The molecule has 1 aliphatic rings. The van der Waals surface area contributed by atoms with E-state index in [2.05, 4.69) is 12.2 Å². The fraction of sp³-hybridized carbons (Fsp3) is 0.455. The van der Waals surface area contributed by atoms with E-state index in [1.165, 1.54) is 12.5 Å². The summed E-state index contributed by atoms with van der Waals surface area (Å²) in [6.45, 7) is 2.98. The Labute approximate surface area is 98.8 Å². The topological polar surface area (TPSA) is 55.2 Å². The van der Waals surface area contributed by atoms with E-state index in [9.17, 15) is 10.1 Å². The van der Waals surface area contributed by atoms with Crippen molar-refractivity contribution in [1.82, 2.24) is 0 Å². The highest BCUT2D eigenvalue weighted by Gasteiger charge is 2.32. The summed E-state index contributed by atoms with van der Waals surface area (Å²) in [7, 11) is 0. The number of anilines is 1. The molecule has 1 saturated carbocycles. The fourth-order valence-corrected chi connectivity index (χ4v) is 1.90. The molecule has 1 aliphatic carbocycles. The average molecular weight is 241 g/mol. The van der Waals surface area contributed by atoms with Crippen molar-refractivity contribution in [2.45, 2.75) is 13.3 Å². The number of nitrogens with one attached hydrogen (secondary N) is 1. The van der Waals surface area contributed by atoms with Gasteiger partial charge in [0.2, 0.25) is 0 Å². The Hall–Kier alpha value is -1.29. The molecule has 0 heterocycles. The lowest BCUT2D eigenvalue weighted by molar-refractivity contribution is -0.383. The van der Waals surface area contributed by atoms with Crippen molar-refractivity contribution in [3.05, 3.63) is 33.3 Å². The molecule has 0 aromatic heterocycles. The van der Waals surface area contributed by atoms with Crippen LogP contribution in [0.4, 0.5) is 11.4 Å². The van der Waals surface area contributed by atoms with Gasteiger partial charge in [-0.05, 0) is 30.4 Å². The molecule has 2 rings (SSSR count). The lowest BCUT2D eigenvalue weighted by Crippen LogP contribution is -2.06. The van der Waals surface area contributed by atoms with Gasteiger partial charge >= 0.3 is 0 Å². The maximum absolute atomic E-state index is 10.8. The van der Waals surface area contributed by atoms with E-state index in [1.807, 2.05) is 0 Å². The fourth-order valence-electron chi connectivity index (χ4n) is 1.73. The molecule has 2 atom stereocenters. The number of nitro groups is 1. The first kappa shape index (κ1) is 11.2. The number of benzene rings is 1. The molecule has 0 bridgehead atoms. The standard InChI is InChI=1S/C11H13ClN2O2/c1-7-4-8(7)6-13-10-3-2-9(12)5-11(10)14(15)16/h2-3,5,7-8,13H,4,6H2,1H3. The minimum absolute atomic E-state index is 0.0424. The third-order valence-electron chi connectivity index (χ3n) is 2.99. The van der Waals surface area contributed by atoms with Crippen molar-refractivity contribution < 1.29 is 4.92 Å². The van der Waals surface area contributed by atoms with Crippen LogP contribution in [0.5, 0.6) is 0 Å². The van der Waals surface area contributed by atoms with Crippen LogP contribution in [0.1, 0.15) is 13.3 Å². The molecule has 2 unspecified atom stereocenters. The zero-order valence-electron chi connectivity index (χ0n) is 8.94. The van der Waals surface area contributed by atoms with Gasteiger partial charge in [-0.15, -0.1) is 0 Å². The molecule has 0 saturated heterocycles. The predicted octanol–water partition coefficient (Wildman–Crippen LogP) is 3.32. The van der Waals surface area contributed by atoms with Crippen LogP contribution in [0.2, 0.25) is 5.02 Å². The minimum atomic E-state index is -0.412. The number of halogens is 1. The molecule has 0 radical (unpaired) electrons. The van der Waals surface area contributed by atoms with Crippen molar-refractivity contribution in [2.24, 2.45) is 11.8 Å². The SMILES string of the molecule is CC1CC1CNc1ccc(Cl)cc1[N+](=O)[O-]. The van der Waals surface area contributed by atoms with Crippen LogP contribution in [-0.2, 0) is 0 Å². The van der Waals surface area contributed by atoms with Crippen LogP contribution in [0, 0.1) is 22.0 Å². The monoisotopic (exact) mass is 240 g/mol. The van der Waals surface area contributed by atoms with Crippen molar-refractivity contribution in [1.29, 1.82) is 0 Å². The van der Waals surface area contributed by atoms with Crippen molar-refractivity contribution in [3.8, 4) is 0 Å². The lowest BCUT2D eigenvalue weighted by Gasteiger charge is -2.06. The van der Waals surface area contributed by atoms with Crippen LogP contribution in [0.15, 0.2) is 18.2 Å². The lowest BCUT2D eigenvalue weighted by atomic mass is 10.2. The third-order valence-corrected chi connectivity index (χ3v) is 3.22. The second kappa shape index (κ2) is 4.29. The Bertz CT molecular complexity index is 422. The van der Waals surface area contributed by atoms with Gasteiger partial charge in [-0.2, -0.15) is 0 Å². The normalized spacial score (nSPS) is 22.9. The molecule has 1 N–H and O–H groups in total. The van der Waals surface area contributed by atoms with E-state index in [0.717, 1.165) is 12.5 Å². The van der Waals surface area contributed by atoms with Crippen molar-refractivity contribution >= 4 is 23.0 Å². The summed E-state index contributed by atoms with van der Waals surface area (Å²) in [6.07, 6.45) is 1.20. The average Bonchev–Trinajstić information content (AvgIpc) is 2.92. The summed E-state index contributed by atoms with van der Waals surface area (Å²) in [6, 6.07) is 4.70.